The maximum atomic E-state index is 11.6. The maximum absolute atomic E-state index is 11.6. The molecular weight excluding hydrogens is 248 g/mol. The van der Waals surface area contributed by atoms with E-state index in [2.05, 4.69) is 6.92 Å². The molecule has 1 aliphatic rings. The average molecular weight is 267 g/mol. The van der Waals surface area contributed by atoms with Crippen molar-refractivity contribution in [3.8, 4) is 0 Å². The number of rotatable bonds is 4. The molecule has 1 saturated carbocycles. The zero-order chi connectivity index (χ0) is 13.6. The number of halogens is 1. The highest BCUT2D eigenvalue weighted by molar-refractivity contribution is 6.17. The van der Waals surface area contributed by atoms with Crippen molar-refractivity contribution in [2.75, 3.05) is 0 Å². The summed E-state index contributed by atoms with van der Waals surface area (Å²) in [5.74, 6) is -0.287. The number of carbonyl (C=O) groups is 1. The van der Waals surface area contributed by atoms with Gasteiger partial charge in [0.1, 0.15) is 0 Å². The van der Waals surface area contributed by atoms with Crippen molar-refractivity contribution in [3.05, 3.63) is 34.9 Å². The smallest absolute Gasteiger partial charge is 0.314 e. The summed E-state index contributed by atoms with van der Waals surface area (Å²) < 4.78 is 0. The normalized spacial score (nSPS) is 24.9. The standard InChI is InChI=1S/C15H19ClO2/c1-4-10-5-6-12(7-11(10)8-16)15(13(17)18)9-14(15,2)3/h5-7H,4,8-9H2,1-3H3,(H,17,18). The molecule has 0 aromatic heterocycles. The molecule has 0 amide bonds. The van der Waals surface area contributed by atoms with Gasteiger partial charge in [0.05, 0.1) is 5.41 Å². The Balaban J connectivity index is 2.49. The molecule has 1 unspecified atom stereocenters. The second-order valence-corrected chi connectivity index (χ2v) is 6.01. The summed E-state index contributed by atoms with van der Waals surface area (Å²) in [6.45, 7) is 6.10. The Morgan fingerprint density at radius 3 is 2.39 bits per heavy atom. The van der Waals surface area contributed by atoms with Crippen LogP contribution in [0, 0.1) is 5.41 Å². The molecule has 0 saturated heterocycles. The fourth-order valence-electron chi connectivity index (χ4n) is 2.96. The molecule has 0 spiro atoms. The molecule has 1 fully saturated rings. The minimum absolute atomic E-state index is 0.170. The lowest BCUT2D eigenvalue weighted by molar-refractivity contribution is -0.141. The summed E-state index contributed by atoms with van der Waals surface area (Å²) in [5.41, 5.74) is 2.26. The van der Waals surface area contributed by atoms with Gasteiger partial charge < -0.3 is 5.11 Å². The van der Waals surface area contributed by atoms with E-state index in [1.165, 1.54) is 5.56 Å². The van der Waals surface area contributed by atoms with E-state index in [9.17, 15) is 9.90 Å². The summed E-state index contributed by atoms with van der Waals surface area (Å²) in [7, 11) is 0. The van der Waals surface area contributed by atoms with Gasteiger partial charge in [0.25, 0.3) is 0 Å². The van der Waals surface area contributed by atoms with Crippen molar-refractivity contribution >= 4 is 17.6 Å². The van der Waals surface area contributed by atoms with Gasteiger partial charge in [-0.1, -0.05) is 39.0 Å². The molecule has 0 aliphatic heterocycles. The number of carboxylic acid groups (broad SMARTS) is 1. The van der Waals surface area contributed by atoms with E-state index < -0.39 is 11.4 Å². The van der Waals surface area contributed by atoms with Crippen LogP contribution >= 0.6 is 11.6 Å². The van der Waals surface area contributed by atoms with Crippen LogP contribution in [-0.4, -0.2) is 11.1 Å². The van der Waals surface area contributed by atoms with Gasteiger partial charge in [-0.15, -0.1) is 11.6 Å². The van der Waals surface area contributed by atoms with Crippen LogP contribution in [0.4, 0.5) is 0 Å². The van der Waals surface area contributed by atoms with Crippen LogP contribution in [0.25, 0.3) is 0 Å². The largest absolute Gasteiger partial charge is 0.481 e. The molecular formula is C15H19ClO2. The topological polar surface area (TPSA) is 37.3 Å². The lowest BCUT2D eigenvalue weighted by Crippen LogP contribution is -2.25. The van der Waals surface area contributed by atoms with Crippen LogP contribution < -0.4 is 0 Å². The predicted molar refractivity (Wildman–Crippen MR) is 73.1 cm³/mol. The molecule has 1 aromatic carbocycles. The molecule has 3 heteroatoms. The van der Waals surface area contributed by atoms with E-state index in [1.54, 1.807) is 0 Å². The SMILES string of the molecule is CCc1ccc(C2(C(=O)O)CC2(C)C)cc1CCl. The van der Waals surface area contributed by atoms with Crippen LogP contribution in [0.1, 0.15) is 43.9 Å². The quantitative estimate of drug-likeness (QED) is 0.843. The van der Waals surface area contributed by atoms with Crippen LogP contribution in [0.5, 0.6) is 0 Å². The minimum atomic E-state index is -0.725. The molecule has 2 rings (SSSR count). The summed E-state index contributed by atoms with van der Waals surface area (Å²) in [6, 6.07) is 5.96. The van der Waals surface area contributed by atoms with Crippen molar-refractivity contribution < 1.29 is 9.90 Å². The van der Waals surface area contributed by atoms with Gasteiger partial charge in [-0.25, -0.2) is 0 Å². The first-order valence-corrected chi connectivity index (χ1v) is 6.84. The number of carboxylic acids is 1. The second kappa shape index (κ2) is 4.27. The number of alkyl halides is 1. The van der Waals surface area contributed by atoms with Gasteiger partial charge in [-0.3, -0.25) is 4.79 Å². The second-order valence-electron chi connectivity index (χ2n) is 5.74. The monoisotopic (exact) mass is 266 g/mol. The highest BCUT2D eigenvalue weighted by Gasteiger charge is 2.67. The molecule has 98 valence electrons. The number of benzene rings is 1. The first-order chi connectivity index (χ1) is 8.39. The fraction of sp³-hybridized carbons (Fsp3) is 0.533. The highest BCUT2D eigenvalue weighted by atomic mass is 35.5. The fourth-order valence-corrected chi connectivity index (χ4v) is 3.21. The van der Waals surface area contributed by atoms with Gasteiger partial charge in [0, 0.05) is 5.88 Å². The molecule has 0 radical (unpaired) electrons. The van der Waals surface area contributed by atoms with Gasteiger partial charge in [0.15, 0.2) is 0 Å². The Bertz CT molecular complexity index is 493. The Labute approximate surface area is 113 Å². The van der Waals surface area contributed by atoms with Crippen LogP contribution in [0.15, 0.2) is 18.2 Å². The third-order valence-corrected chi connectivity index (χ3v) is 4.61. The Morgan fingerprint density at radius 2 is 2.00 bits per heavy atom. The third-order valence-electron chi connectivity index (χ3n) is 4.33. The van der Waals surface area contributed by atoms with E-state index in [1.807, 2.05) is 32.0 Å². The Kier molecular flexibility index (Phi) is 3.18. The number of aliphatic carboxylic acids is 1. The van der Waals surface area contributed by atoms with Crippen molar-refractivity contribution in [2.45, 2.75) is 44.9 Å². The molecule has 0 heterocycles. The molecule has 1 N–H and O–H groups in total. The first-order valence-electron chi connectivity index (χ1n) is 6.30. The summed E-state index contributed by atoms with van der Waals surface area (Å²) in [5, 5.41) is 9.55. The lowest BCUT2D eigenvalue weighted by atomic mass is 9.86. The lowest BCUT2D eigenvalue weighted by Gasteiger charge is -2.18. The molecule has 1 aliphatic carbocycles. The molecule has 18 heavy (non-hydrogen) atoms. The Hall–Kier alpha value is -1.02. The van der Waals surface area contributed by atoms with Crippen molar-refractivity contribution in [1.29, 1.82) is 0 Å². The van der Waals surface area contributed by atoms with Crippen molar-refractivity contribution in [3.63, 3.8) is 0 Å². The summed E-state index contributed by atoms with van der Waals surface area (Å²) in [6.07, 6.45) is 1.62. The first kappa shape index (κ1) is 13.4. The molecule has 0 bridgehead atoms. The zero-order valence-electron chi connectivity index (χ0n) is 11.1. The predicted octanol–water partition coefficient (Wildman–Crippen LogP) is 3.74. The van der Waals surface area contributed by atoms with Crippen LogP contribution in [0.3, 0.4) is 0 Å². The zero-order valence-corrected chi connectivity index (χ0v) is 11.8. The molecule has 1 atom stereocenters. The van der Waals surface area contributed by atoms with E-state index >= 15 is 0 Å². The summed E-state index contributed by atoms with van der Waals surface area (Å²) >= 11 is 5.96. The van der Waals surface area contributed by atoms with Gasteiger partial charge >= 0.3 is 5.97 Å². The van der Waals surface area contributed by atoms with Crippen molar-refractivity contribution in [1.82, 2.24) is 0 Å². The van der Waals surface area contributed by atoms with Crippen LogP contribution in [0.2, 0.25) is 0 Å². The van der Waals surface area contributed by atoms with E-state index in [-0.39, 0.29) is 5.41 Å². The number of hydrogen-bond acceptors (Lipinski definition) is 1. The average Bonchev–Trinajstić information content (AvgIpc) is 2.93. The van der Waals surface area contributed by atoms with Crippen molar-refractivity contribution in [2.24, 2.45) is 5.41 Å². The maximum Gasteiger partial charge on any atom is 0.314 e. The Morgan fingerprint density at radius 1 is 1.39 bits per heavy atom. The van der Waals surface area contributed by atoms with Gasteiger partial charge in [0.2, 0.25) is 0 Å². The van der Waals surface area contributed by atoms with E-state index in [0.29, 0.717) is 12.3 Å². The summed E-state index contributed by atoms with van der Waals surface area (Å²) in [4.78, 5) is 11.6. The minimum Gasteiger partial charge on any atom is -0.481 e. The van der Waals surface area contributed by atoms with E-state index in [0.717, 1.165) is 17.5 Å². The third kappa shape index (κ3) is 1.74. The van der Waals surface area contributed by atoms with Crippen LogP contribution in [-0.2, 0) is 22.5 Å². The number of aryl methyl sites for hydroxylation is 1. The number of hydrogen-bond donors (Lipinski definition) is 1. The van der Waals surface area contributed by atoms with E-state index in [4.69, 9.17) is 11.6 Å². The highest BCUT2D eigenvalue weighted by Crippen LogP contribution is 2.64. The van der Waals surface area contributed by atoms with Gasteiger partial charge in [-0.2, -0.15) is 0 Å². The van der Waals surface area contributed by atoms with Gasteiger partial charge in [-0.05, 0) is 34.9 Å². The molecule has 2 nitrogen and oxygen atoms in total. The molecule has 1 aromatic rings.